The zero-order valence-electron chi connectivity index (χ0n) is 15.4. The molecular formula is C17H25BN2O4S. The fourth-order valence-electron chi connectivity index (χ4n) is 3.66. The molecule has 8 heteroatoms. The second-order valence-electron chi connectivity index (χ2n) is 8.29. The first-order chi connectivity index (χ1) is 11.5. The number of hydrogen-bond donors (Lipinski definition) is 1. The molecule has 3 aliphatic rings. The van der Waals surface area contributed by atoms with Crippen molar-refractivity contribution >= 4 is 22.6 Å². The Hall–Kier alpha value is -0.925. The van der Waals surface area contributed by atoms with Gasteiger partial charge in [0, 0.05) is 6.04 Å². The van der Waals surface area contributed by atoms with Crippen molar-refractivity contribution < 1.29 is 17.7 Å². The molecule has 0 bridgehead atoms. The number of hydrogen-bond acceptors (Lipinski definition) is 5. The van der Waals surface area contributed by atoms with E-state index >= 15 is 0 Å². The van der Waals surface area contributed by atoms with E-state index < -0.39 is 15.4 Å². The average molecular weight is 364 g/mol. The minimum Gasteiger partial charge on any atom is -0.399 e. The van der Waals surface area contributed by atoms with Gasteiger partial charge >= 0.3 is 7.12 Å². The third-order valence-corrected chi connectivity index (χ3v) is 7.98. The minimum absolute atomic E-state index is 0.0512. The van der Waals surface area contributed by atoms with E-state index in [1.165, 1.54) is 15.5 Å². The molecule has 2 heterocycles. The summed E-state index contributed by atoms with van der Waals surface area (Å²) in [7, 11) is -3.57. The highest BCUT2D eigenvalue weighted by molar-refractivity contribution is 7.90. The van der Waals surface area contributed by atoms with Gasteiger partial charge in [0.15, 0.2) is 0 Å². The van der Waals surface area contributed by atoms with E-state index in [0.29, 0.717) is 6.42 Å². The second-order valence-corrected chi connectivity index (χ2v) is 10.4. The Morgan fingerprint density at radius 2 is 1.72 bits per heavy atom. The van der Waals surface area contributed by atoms with Gasteiger partial charge in [0.25, 0.3) is 0 Å². The Bertz CT molecular complexity index is 808. The Kier molecular flexibility index (Phi) is 3.70. The third-order valence-electron chi connectivity index (χ3n) is 6.03. The molecule has 2 aliphatic heterocycles. The van der Waals surface area contributed by atoms with Crippen LogP contribution in [0.2, 0.25) is 0 Å². The summed E-state index contributed by atoms with van der Waals surface area (Å²) in [6.45, 7) is 9.83. The number of nitrogens with zero attached hydrogens (tertiary/aromatic N) is 1. The van der Waals surface area contributed by atoms with E-state index in [0.717, 1.165) is 11.9 Å². The number of benzene rings is 1. The Balaban J connectivity index is 1.54. The smallest absolute Gasteiger partial charge is 0.399 e. The van der Waals surface area contributed by atoms with Gasteiger partial charge in [-0.3, -0.25) is 0 Å². The predicted octanol–water partition coefficient (Wildman–Crippen LogP) is 0.949. The molecule has 4 rings (SSSR count). The third kappa shape index (κ3) is 2.58. The number of rotatable bonds is 2. The number of hydrazine groups is 1. The van der Waals surface area contributed by atoms with Crippen LogP contribution in [0.5, 0.6) is 0 Å². The Labute approximate surface area is 150 Å². The van der Waals surface area contributed by atoms with Crippen LogP contribution in [-0.4, -0.2) is 42.6 Å². The Morgan fingerprint density at radius 1 is 1.12 bits per heavy atom. The minimum atomic E-state index is -3.19. The predicted molar refractivity (Wildman–Crippen MR) is 96.7 cm³/mol. The van der Waals surface area contributed by atoms with Gasteiger partial charge in [0.05, 0.1) is 11.2 Å². The summed E-state index contributed by atoms with van der Waals surface area (Å²) in [4.78, 5) is 0. The molecule has 1 aromatic rings. The molecule has 0 spiro atoms. The maximum atomic E-state index is 12.1. The Morgan fingerprint density at radius 3 is 2.28 bits per heavy atom. The standard InChI is InChI=1S/C17H25BN2O4S/c1-11-19-20(25(11,21)22)15-9-12-6-7-14(8-13(12)10-15)18-23-16(2,3)17(4,5)24-18/h6-8,11,15,19H,9-10H2,1-5H3/t11?,15-/m1/s1. The highest BCUT2D eigenvalue weighted by atomic mass is 32.2. The van der Waals surface area contributed by atoms with Gasteiger partial charge in [-0.15, -0.1) is 4.41 Å². The summed E-state index contributed by atoms with van der Waals surface area (Å²) in [6, 6.07) is 6.16. The van der Waals surface area contributed by atoms with Gasteiger partial charge < -0.3 is 9.31 Å². The first-order valence-electron chi connectivity index (χ1n) is 8.78. The van der Waals surface area contributed by atoms with Crippen LogP contribution in [0.15, 0.2) is 18.2 Å². The second kappa shape index (κ2) is 5.30. The van der Waals surface area contributed by atoms with Crippen molar-refractivity contribution in [1.82, 2.24) is 9.84 Å². The van der Waals surface area contributed by atoms with E-state index in [1.54, 1.807) is 6.92 Å². The number of fused-ring (bicyclic) bond motifs is 1. The molecule has 2 saturated heterocycles. The van der Waals surface area contributed by atoms with Crippen LogP contribution in [0, 0.1) is 0 Å². The van der Waals surface area contributed by atoms with Crippen molar-refractivity contribution in [3.63, 3.8) is 0 Å². The summed E-state index contributed by atoms with van der Waals surface area (Å²) in [6.07, 6.45) is 1.44. The van der Waals surface area contributed by atoms with Crippen molar-refractivity contribution in [3.05, 3.63) is 29.3 Å². The monoisotopic (exact) mass is 364 g/mol. The van der Waals surface area contributed by atoms with Gasteiger partial charge in [0.1, 0.15) is 5.37 Å². The van der Waals surface area contributed by atoms with E-state index in [9.17, 15) is 8.42 Å². The van der Waals surface area contributed by atoms with Gasteiger partial charge in [0.2, 0.25) is 10.0 Å². The molecule has 0 aromatic heterocycles. The van der Waals surface area contributed by atoms with Crippen molar-refractivity contribution in [3.8, 4) is 0 Å². The van der Waals surface area contributed by atoms with Crippen molar-refractivity contribution in [2.24, 2.45) is 0 Å². The van der Waals surface area contributed by atoms with E-state index in [1.807, 2.05) is 33.8 Å². The van der Waals surface area contributed by atoms with Gasteiger partial charge in [-0.25, -0.2) is 13.8 Å². The zero-order chi connectivity index (χ0) is 18.2. The van der Waals surface area contributed by atoms with Crippen molar-refractivity contribution in [1.29, 1.82) is 0 Å². The highest BCUT2D eigenvalue weighted by Crippen LogP contribution is 2.37. The molecule has 136 valence electrons. The molecule has 0 amide bonds. The number of nitrogens with one attached hydrogen (secondary N) is 1. The topological polar surface area (TPSA) is 67.9 Å². The molecule has 2 fully saturated rings. The molecule has 0 radical (unpaired) electrons. The summed E-state index contributed by atoms with van der Waals surface area (Å²) in [5, 5.41) is -0.489. The van der Waals surface area contributed by atoms with Gasteiger partial charge in [-0.1, -0.05) is 18.2 Å². The molecular weight excluding hydrogens is 339 g/mol. The maximum absolute atomic E-state index is 12.1. The van der Waals surface area contributed by atoms with E-state index in [-0.39, 0.29) is 24.4 Å². The van der Waals surface area contributed by atoms with E-state index in [2.05, 4.69) is 17.6 Å². The summed E-state index contributed by atoms with van der Waals surface area (Å²) in [5.41, 5.74) is 5.62. The van der Waals surface area contributed by atoms with Crippen molar-refractivity contribution in [2.75, 3.05) is 0 Å². The van der Waals surface area contributed by atoms with Crippen LogP contribution < -0.4 is 10.9 Å². The normalized spacial score (nSPS) is 32.4. The molecule has 1 aromatic carbocycles. The van der Waals surface area contributed by atoms with Crippen LogP contribution in [0.25, 0.3) is 0 Å². The van der Waals surface area contributed by atoms with E-state index in [4.69, 9.17) is 9.31 Å². The summed E-state index contributed by atoms with van der Waals surface area (Å²) in [5.74, 6) is 0. The molecule has 1 aliphatic carbocycles. The van der Waals surface area contributed by atoms with Gasteiger partial charge in [-0.05, 0) is 64.1 Å². The fraction of sp³-hybridized carbons (Fsp3) is 0.647. The molecule has 25 heavy (non-hydrogen) atoms. The summed E-state index contributed by atoms with van der Waals surface area (Å²) >= 11 is 0. The lowest BCUT2D eigenvalue weighted by atomic mass is 9.78. The molecule has 2 atom stereocenters. The fourth-order valence-corrected chi connectivity index (χ4v) is 4.96. The molecule has 0 saturated carbocycles. The van der Waals surface area contributed by atoms with Crippen molar-refractivity contribution in [2.45, 2.75) is 70.1 Å². The zero-order valence-corrected chi connectivity index (χ0v) is 16.2. The lowest BCUT2D eigenvalue weighted by molar-refractivity contribution is 0.00578. The lowest BCUT2D eigenvalue weighted by Gasteiger charge is -2.41. The maximum Gasteiger partial charge on any atom is 0.494 e. The van der Waals surface area contributed by atoms with Crippen LogP contribution in [0.4, 0.5) is 0 Å². The SMILES string of the molecule is CC1NN([C@@H]2Cc3ccc(B4OC(C)(C)C(C)(C)O4)cc3C2)S1(=O)=O. The highest BCUT2D eigenvalue weighted by Gasteiger charge is 2.52. The summed E-state index contributed by atoms with van der Waals surface area (Å²) < 4.78 is 37.9. The lowest BCUT2D eigenvalue weighted by Crippen LogP contribution is -2.67. The first-order valence-corrected chi connectivity index (χ1v) is 10.3. The van der Waals surface area contributed by atoms with Crippen LogP contribution in [0.1, 0.15) is 45.7 Å². The van der Waals surface area contributed by atoms with Crippen LogP contribution in [0.3, 0.4) is 0 Å². The van der Waals surface area contributed by atoms with Crippen LogP contribution >= 0.6 is 0 Å². The molecule has 1 N–H and O–H groups in total. The molecule has 1 unspecified atom stereocenters. The first kappa shape index (κ1) is 17.5. The average Bonchev–Trinajstić information content (AvgIpc) is 3.01. The van der Waals surface area contributed by atoms with Crippen LogP contribution in [-0.2, 0) is 32.2 Å². The van der Waals surface area contributed by atoms with Gasteiger partial charge in [-0.2, -0.15) is 0 Å². The largest absolute Gasteiger partial charge is 0.494 e. The number of sulfonamides is 1. The molecule has 6 nitrogen and oxygen atoms in total. The quantitative estimate of drug-likeness (QED) is 0.792.